The van der Waals surface area contributed by atoms with Gasteiger partial charge in [-0.2, -0.15) is 18.3 Å². The molecule has 5 rings (SSSR count). The number of alkyl halides is 3. The van der Waals surface area contributed by atoms with Crippen LogP contribution in [0.1, 0.15) is 47.1 Å². The van der Waals surface area contributed by atoms with Crippen molar-refractivity contribution in [2.75, 3.05) is 33.3 Å². The normalized spacial score (nSPS) is 16.7. The first-order chi connectivity index (χ1) is 20.5. The van der Waals surface area contributed by atoms with Crippen molar-refractivity contribution in [1.29, 1.82) is 0 Å². The second kappa shape index (κ2) is 12.0. The topological polar surface area (TPSA) is 92.1 Å². The van der Waals surface area contributed by atoms with Crippen LogP contribution in [0.5, 0.6) is 5.75 Å². The van der Waals surface area contributed by atoms with Gasteiger partial charge in [-0.3, -0.25) is 14.5 Å². The number of methoxy groups -OCH3 is 1. The van der Waals surface area contributed by atoms with E-state index in [2.05, 4.69) is 20.3 Å². The van der Waals surface area contributed by atoms with Crippen molar-refractivity contribution < 1.29 is 27.5 Å². The Kier molecular flexibility index (Phi) is 8.41. The lowest BCUT2D eigenvalue weighted by Crippen LogP contribution is -2.55. The molecule has 1 fully saturated rings. The molecule has 1 saturated heterocycles. The van der Waals surface area contributed by atoms with Crippen molar-refractivity contribution in [2.45, 2.75) is 39.0 Å². The number of carbonyl (C=O) groups is 2. The van der Waals surface area contributed by atoms with Crippen LogP contribution in [-0.2, 0) is 11.0 Å². The summed E-state index contributed by atoms with van der Waals surface area (Å²) in [6.45, 7) is 6.47. The zero-order valence-electron chi connectivity index (χ0n) is 24.4. The van der Waals surface area contributed by atoms with Gasteiger partial charge < -0.3 is 15.0 Å². The molecule has 0 spiro atoms. The zero-order valence-corrected chi connectivity index (χ0v) is 24.4. The molecule has 2 aromatic carbocycles. The zero-order chi connectivity index (χ0) is 30.9. The summed E-state index contributed by atoms with van der Waals surface area (Å²) in [6, 6.07) is 16.0. The number of hydrogen-bond acceptors (Lipinski definition) is 6. The van der Waals surface area contributed by atoms with Gasteiger partial charge in [0.05, 0.1) is 25.0 Å². The predicted molar refractivity (Wildman–Crippen MR) is 155 cm³/mol. The van der Waals surface area contributed by atoms with Gasteiger partial charge >= 0.3 is 6.18 Å². The molecule has 43 heavy (non-hydrogen) atoms. The third-order valence-corrected chi connectivity index (χ3v) is 7.84. The standard InChI is InChI=1S/C31H33F3N6O3/c1-19-18-38(26(17-35-21(3)41)22-8-6-5-7-9-22)14-15-39(19)30(42)25-16-36-40-28(31(32,33)34)20(2)27(37-29(25)40)23-10-12-24(43-4)13-11-23/h5-13,16,19,26H,14-15,17-18H2,1-4H3,(H,35,41)/t19-,26-/m1/s1. The number of carbonyl (C=O) groups excluding carboxylic acids is 2. The number of ether oxygens (including phenoxy) is 1. The van der Waals surface area contributed by atoms with Crippen molar-refractivity contribution in [2.24, 2.45) is 0 Å². The first-order valence-corrected chi connectivity index (χ1v) is 13.9. The molecule has 9 nitrogen and oxygen atoms in total. The summed E-state index contributed by atoms with van der Waals surface area (Å²) in [5.41, 5.74) is 0.368. The lowest BCUT2D eigenvalue weighted by Gasteiger charge is -2.43. The Balaban J connectivity index is 1.47. The Labute approximate surface area is 247 Å². The second-order valence-corrected chi connectivity index (χ2v) is 10.7. The number of benzene rings is 2. The molecule has 1 aliphatic rings. The van der Waals surface area contributed by atoms with Gasteiger partial charge in [0, 0.05) is 50.3 Å². The van der Waals surface area contributed by atoms with Crippen LogP contribution in [0.3, 0.4) is 0 Å². The van der Waals surface area contributed by atoms with Crippen molar-refractivity contribution in [3.05, 3.63) is 83.2 Å². The maximum atomic E-state index is 14.4. The molecule has 4 aromatic rings. The van der Waals surface area contributed by atoms with Crippen LogP contribution >= 0.6 is 0 Å². The average molecular weight is 595 g/mol. The number of piperazine rings is 1. The minimum absolute atomic E-state index is 0.00147. The van der Waals surface area contributed by atoms with Gasteiger partial charge in [-0.05, 0) is 43.7 Å². The van der Waals surface area contributed by atoms with Gasteiger partial charge in [0.2, 0.25) is 5.91 Å². The fourth-order valence-corrected chi connectivity index (χ4v) is 5.69. The molecule has 0 saturated carbocycles. The van der Waals surface area contributed by atoms with Gasteiger partial charge in [0.15, 0.2) is 11.3 Å². The highest BCUT2D eigenvalue weighted by molar-refractivity contribution is 6.00. The smallest absolute Gasteiger partial charge is 0.433 e. The van der Waals surface area contributed by atoms with E-state index in [0.29, 0.717) is 37.5 Å². The molecule has 12 heteroatoms. The van der Waals surface area contributed by atoms with Crippen LogP contribution in [0.2, 0.25) is 0 Å². The number of nitrogens with one attached hydrogen (secondary N) is 1. The molecule has 2 aromatic heterocycles. The molecular formula is C31H33F3N6O3. The summed E-state index contributed by atoms with van der Waals surface area (Å²) in [7, 11) is 1.50. The van der Waals surface area contributed by atoms with Crippen LogP contribution in [0.25, 0.3) is 16.9 Å². The number of rotatable bonds is 7. The fourth-order valence-electron chi connectivity index (χ4n) is 5.69. The van der Waals surface area contributed by atoms with Crippen LogP contribution < -0.4 is 10.1 Å². The van der Waals surface area contributed by atoms with E-state index < -0.39 is 17.8 Å². The first-order valence-electron chi connectivity index (χ1n) is 13.9. The molecule has 0 aliphatic carbocycles. The summed E-state index contributed by atoms with van der Waals surface area (Å²) in [5, 5.41) is 6.89. The first kappa shape index (κ1) is 30.0. The molecule has 0 radical (unpaired) electrons. The van der Waals surface area contributed by atoms with Crippen LogP contribution in [-0.4, -0.2) is 75.5 Å². The number of amides is 2. The summed E-state index contributed by atoms with van der Waals surface area (Å²) in [5.74, 6) is -0.0188. The molecule has 0 unspecified atom stereocenters. The summed E-state index contributed by atoms with van der Waals surface area (Å²) in [6.07, 6.45) is -3.57. The van der Waals surface area contributed by atoms with Crippen LogP contribution in [0, 0.1) is 6.92 Å². The Morgan fingerprint density at radius 1 is 1.09 bits per heavy atom. The molecule has 0 bridgehead atoms. The number of fused-ring (bicyclic) bond motifs is 1. The third kappa shape index (κ3) is 6.05. The average Bonchev–Trinajstić information content (AvgIpc) is 3.39. The van der Waals surface area contributed by atoms with E-state index in [1.807, 2.05) is 37.3 Å². The summed E-state index contributed by atoms with van der Waals surface area (Å²) < 4.78 is 49.0. The van der Waals surface area contributed by atoms with E-state index >= 15 is 0 Å². The number of nitrogens with zero attached hydrogens (tertiary/aromatic N) is 5. The van der Waals surface area contributed by atoms with Gasteiger partial charge in [-0.15, -0.1) is 0 Å². The predicted octanol–water partition coefficient (Wildman–Crippen LogP) is 4.76. The molecule has 226 valence electrons. The van der Waals surface area contributed by atoms with E-state index in [1.165, 1.54) is 27.2 Å². The SMILES string of the molecule is COc1ccc(-c2nc3c(C(=O)N4CCN([C@H](CNC(C)=O)c5ccccc5)C[C@H]4C)cnn3c(C(F)(F)F)c2C)cc1. The van der Waals surface area contributed by atoms with E-state index in [0.717, 1.165) is 10.1 Å². The molecule has 3 heterocycles. The monoisotopic (exact) mass is 594 g/mol. The number of halogens is 3. The molecule has 2 amide bonds. The van der Waals surface area contributed by atoms with E-state index in [1.54, 1.807) is 29.2 Å². The van der Waals surface area contributed by atoms with E-state index in [-0.39, 0.29) is 40.5 Å². The third-order valence-electron chi connectivity index (χ3n) is 7.84. The minimum Gasteiger partial charge on any atom is -0.497 e. The van der Waals surface area contributed by atoms with E-state index in [9.17, 15) is 22.8 Å². The van der Waals surface area contributed by atoms with Gasteiger partial charge in [0.25, 0.3) is 5.91 Å². The Morgan fingerprint density at radius 2 is 1.79 bits per heavy atom. The van der Waals surface area contributed by atoms with Crippen molar-refractivity contribution in [3.8, 4) is 17.0 Å². The van der Waals surface area contributed by atoms with E-state index in [4.69, 9.17) is 4.74 Å². The highest BCUT2D eigenvalue weighted by atomic mass is 19.4. The molecular weight excluding hydrogens is 561 g/mol. The lowest BCUT2D eigenvalue weighted by atomic mass is 10.0. The number of hydrogen-bond donors (Lipinski definition) is 1. The summed E-state index contributed by atoms with van der Waals surface area (Å²) >= 11 is 0. The maximum absolute atomic E-state index is 14.4. The van der Waals surface area contributed by atoms with Gasteiger partial charge in [-0.25, -0.2) is 9.50 Å². The van der Waals surface area contributed by atoms with Crippen LogP contribution in [0.4, 0.5) is 13.2 Å². The second-order valence-electron chi connectivity index (χ2n) is 10.7. The van der Waals surface area contributed by atoms with Crippen molar-refractivity contribution >= 4 is 17.5 Å². The van der Waals surface area contributed by atoms with Crippen molar-refractivity contribution in [3.63, 3.8) is 0 Å². The lowest BCUT2D eigenvalue weighted by molar-refractivity contribution is -0.143. The molecule has 1 N–H and O–H groups in total. The quantitative estimate of drug-likeness (QED) is 0.332. The Bertz CT molecular complexity index is 1620. The Morgan fingerprint density at radius 3 is 2.40 bits per heavy atom. The van der Waals surface area contributed by atoms with Crippen LogP contribution in [0.15, 0.2) is 60.8 Å². The largest absolute Gasteiger partial charge is 0.497 e. The highest BCUT2D eigenvalue weighted by Crippen LogP contribution is 2.37. The molecule has 2 atom stereocenters. The van der Waals surface area contributed by atoms with Crippen molar-refractivity contribution in [1.82, 2.24) is 29.7 Å². The minimum atomic E-state index is -4.74. The van der Waals surface area contributed by atoms with Gasteiger partial charge in [0.1, 0.15) is 11.3 Å². The fraction of sp³-hybridized carbons (Fsp3) is 0.355. The van der Waals surface area contributed by atoms with Gasteiger partial charge in [-0.1, -0.05) is 30.3 Å². The number of aromatic nitrogens is 3. The molecule has 1 aliphatic heterocycles. The maximum Gasteiger partial charge on any atom is 0.433 e. The summed E-state index contributed by atoms with van der Waals surface area (Å²) in [4.78, 5) is 34.0. The Hall–Kier alpha value is -4.45. The highest BCUT2D eigenvalue weighted by Gasteiger charge is 2.40.